The summed E-state index contributed by atoms with van der Waals surface area (Å²) in [5.74, 6) is 1.95. The van der Waals surface area contributed by atoms with Crippen LogP contribution in [0.3, 0.4) is 0 Å². The van der Waals surface area contributed by atoms with E-state index in [9.17, 15) is 0 Å². The maximum atomic E-state index is 6.22. The number of fused-ring (bicyclic) bond motifs is 2. The quantitative estimate of drug-likeness (QED) is 0.588. The largest absolute Gasteiger partial charge is 0.455 e. The molecule has 1 aliphatic rings. The first kappa shape index (κ1) is 12.0. The first-order valence-electron chi connectivity index (χ1n) is 6.73. The van der Waals surface area contributed by atoms with Gasteiger partial charge in [0.1, 0.15) is 11.5 Å². The molecule has 2 aromatic carbocycles. The molecule has 0 fully saturated rings. The van der Waals surface area contributed by atoms with Crippen LogP contribution in [0.25, 0.3) is 5.57 Å². The van der Waals surface area contributed by atoms with Crippen LogP contribution < -0.4 is 4.74 Å². The van der Waals surface area contributed by atoms with E-state index in [-0.39, 0.29) is 0 Å². The van der Waals surface area contributed by atoms with Crippen LogP contribution in [0.1, 0.15) is 34.7 Å². The van der Waals surface area contributed by atoms with Gasteiger partial charge < -0.3 is 4.74 Å². The topological polar surface area (TPSA) is 9.23 Å². The van der Waals surface area contributed by atoms with Crippen LogP contribution in [-0.4, -0.2) is 0 Å². The van der Waals surface area contributed by atoms with Crippen molar-refractivity contribution in [2.45, 2.75) is 27.2 Å². The minimum atomic E-state index is 0.969. The Morgan fingerprint density at radius 3 is 2.47 bits per heavy atom. The van der Waals surface area contributed by atoms with Gasteiger partial charge in [0, 0.05) is 11.1 Å². The summed E-state index contributed by atoms with van der Waals surface area (Å²) in [5, 5.41) is 0. The Labute approximate surface area is 114 Å². The van der Waals surface area contributed by atoms with Crippen LogP contribution in [0.5, 0.6) is 11.5 Å². The molecule has 1 heterocycles. The zero-order valence-electron chi connectivity index (χ0n) is 11.7. The molecule has 96 valence electrons. The SMILES string of the molecule is C=C1c2cccc(CC)c2Oc2c1ccc(C)c2C. The van der Waals surface area contributed by atoms with Crippen LogP contribution in [0.15, 0.2) is 36.9 Å². The lowest BCUT2D eigenvalue weighted by Crippen LogP contribution is -2.06. The number of aryl methyl sites for hydroxylation is 2. The number of para-hydroxylation sites is 1. The van der Waals surface area contributed by atoms with Crippen molar-refractivity contribution in [3.8, 4) is 11.5 Å². The molecule has 19 heavy (non-hydrogen) atoms. The minimum Gasteiger partial charge on any atom is -0.455 e. The van der Waals surface area contributed by atoms with Crippen molar-refractivity contribution in [2.24, 2.45) is 0 Å². The highest BCUT2D eigenvalue weighted by molar-refractivity contribution is 5.88. The first-order valence-corrected chi connectivity index (χ1v) is 6.73. The van der Waals surface area contributed by atoms with Gasteiger partial charge in [0.15, 0.2) is 0 Å². The zero-order valence-corrected chi connectivity index (χ0v) is 11.7. The normalized spacial score (nSPS) is 12.7. The van der Waals surface area contributed by atoms with E-state index in [2.05, 4.69) is 57.7 Å². The molecule has 0 radical (unpaired) electrons. The van der Waals surface area contributed by atoms with Crippen LogP contribution in [0.4, 0.5) is 0 Å². The molecule has 0 spiro atoms. The molecule has 2 aromatic rings. The molecule has 0 amide bonds. The summed E-state index contributed by atoms with van der Waals surface area (Å²) in [4.78, 5) is 0. The van der Waals surface area contributed by atoms with E-state index in [1.165, 1.54) is 16.7 Å². The molecule has 1 heteroatoms. The second-order valence-electron chi connectivity index (χ2n) is 5.11. The lowest BCUT2D eigenvalue weighted by molar-refractivity contribution is 0.464. The van der Waals surface area contributed by atoms with Gasteiger partial charge in [0.05, 0.1) is 0 Å². The first-order chi connectivity index (χ1) is 9.13. The van der Waals surface area contributed by atoms with E-state index in [0.29, 0.717) is 0 Å². The second-order valence-corrected chi connectivity index (χ2v) is 5.11. The van der Waals surface area contributed by atoms with Crippen molar-refractivity contribution in [1.29, 1.82) is 0 Å². The summed E-state index contributed by atoms with van der Waals surface area (Å²) in [6.07, 6.45) is 0.969. The summed E-state index contributed by atoms with van der Waals surface area (Å²) in [6, 6.07) is 10.5. The molecule has 0 atom stereocenters. The monoisotopic (exact) mass is 250 g/mol. The van der Waals surface area contributed by atoms with E-state index in [4.69, 9.17) is 4.74 Å². The summed E-state index contributed by atoms with van der Waals surface area (Å²) >= 11 is 0. The van der Waals surface area contributed by atoms with E-state index in [1.807, 2.05) is 0 Å². The van der Waals surface area contributed by atoms with Gasteiger partial charge in [-0.1, -0.05) is 43.8 Å². The fourth-order valence-electron chi connectivity index (χ4n) is 2.63. The van der Waals surface area contributed by atoms with Gasteiger partial charge in [0.2, 0.25) is 0 Å². The van der Waals surface area contributed by atoms with Gasteiger partial charge in [-0.05, 0) is 42.5 Å². The highest BCUT2D eigenvalue weighted by Crippen LogP contribution is 2.46. The van der Waals surface area contributed by atoms with E-state index >= 15 is 0 Å². The fourth-order valence-corrected chi connectivity index (χ4v) is 2.63. The average Bonchev–Trinajstić information content (AvgIpc) is 2.43. The Morgan fingerprint density at radius 2 is 1.74 bits per heavy atom. The molecular weight excluding hydrogens is 232 g/mol. The average molecular weight is 250 g/mol. The van der Waals surface area contributed by atoms with Crippen LogP contribution in [-0.2, 0) is 6.42 Å². The summed E-state index contributed by atoms with van der Waals surface area (Å²) in [5.41, 5.74) is 7.00. The smallest absolute Gasteiger partial charge is 0.138 e. The van der Waals surface area contributed by atoms with Gasteiger partial charge in [-0.2, -0.15) is 0 Å². The summed E-state index contributed by atoms with van der Waals surface area (Å²) in [7, 11) is 0. The number of rotatable bonds is 1. The fraction of sp³-hybridized carbons (Fsp3) is 0.222. The lowest BCUT2D eigenvalue weighted by Gasteiger charge is -2.26. The molecular formula is C18H18O. The lowest BCUT2D eigenvalue weighted by atomic mass is 9.90. The third kappa shape index (κ3) is 1.69. The molecule has 1 nitrogen and oxygen atoms in total. The molecule has 0 saturated carbocycles. The van der Waals surface area contributed by atoms with Crippen LogP contribution >= 0.6 is 0 Å². The van der Waals surface area contributed by atoms with E-state index < -0.39 is 0 Å². The maximum Gasteiger partial charge on any atom is 0.138 e. The number of hydrogen-bond donors (Lipinski definition) is 0. The molecule has 0 bridgehead atoms. The van der Waals surface area contributed by atoms with Crippen molar-refractivity contribution in [2.75, 3.05) is 0 Å². The minimum absolute atomic E-state index is 0.969. The molecule has 0 saturated heterocycles. The van der Waals surface area contributed by atoms with Crippen molar-refractivity contribution in [3.05, 3.63) is 64.7 Å². The van der Waals surface area contributed by atoms with Crippen molar-refractivity contribution >= 4 is 5.57 Å². The van der Waals surface area contributed by atoms with Gasteiger partial charge in [-0.3, -0.25) is 0 Å². The van der Waals surface area contributed by atoms with E-state index in [0.717, 1.165) is 34.6 Å². The van der Waals surface area contributed by atoms with Crippen molar-refractivity contribution < 1.29 is 4.74 Å². The zero-order chi connectivity index (χ0) is 13.6. The van der Waals surface area contributed by atoms with Gasteiger partial charge in [0.25, 0.3) is 0 Å². The van der Waals surface area contributed by atoms with Gasteiger partial charge >= 0.3 is 0 Å². The molecule has 1 aliphatic heterocycles. The molecule has 0 N–H and O–H groups in total. The Bertz CT molecular complexity index is 680. The standard InChI is InChI=1S/C18H18O/c1-5-14-7-6-8-15-13(4)16-10-9-11(2)12(3)17(16)19-18(14)15/h6-10H,4-5H2,1-3H3. The van der Waals surface area contributed by atoms with Gasteiger partial charge in [-0.25, -0.2) is 0 Å². The number of ether oxygens (including phenoxy) is 1. The summed E-state index contributed by atoms with van der Waals surface area (Å²) < 4.78 is 6.22. The Kier molecular flexibility index (Phi) is 2.70. The predicted octanol–water partition coefficient (Wildman–Crippen LogP) is 5.03. The van der Waals surface area contributed by atoms with E-state index in [1.54, 1.807) is 0 Å². The predicted molar refractivity (Wildman–Crippen MR) is 79.9 cm³/mol. The summed E-state index contributed by atoms with van der Waals surface area (Å²) in [6.45, 7) is 10.6. The van der Waals surface area contributed by atoms with Crippen molar-refractivity contribution in [1.82, 2.24) is 0 Å². The molecule has 0 aliphatic carbocycles. The number of hydrogen-bond acceptors (Lipinski definition) is 1. The second kappa shape index (κ2) is 4.27. The Balaban J connectivity index is 2.26. The van der Waals surface area contributed by atoms with Gasteiger partial charge in [-0.15, -0.1) is 0 Å². The third-order valence-corrected chi connectivity index (χ3v) is 4.01. The van der Waals surface area contributed by atoms with Crippen molar-refractivity contribution in [3.63, 3.8) is 0 Å². The molecule has 0 aromatic heterocycles. The third-order valence-electron chi connectivity index (χ3n) is 4.01. The Morgan fingerprint density at radius 1 is 1.00 bits per heavy atom. The Hall–Kier alpha value is -2.02. The maximum absolute atomic E-state index is 6.22. The highest BCUT2D eigenvalue weighted by Gasteiger charge is 2.24. The molecule has 0 unspecified atom stereocenters. The number of benzene rings is 2. The van der Waals surface area contributed by atoms with Crippen LogP contribution in [0, 0.1) is 13.8 Å². The molecule has 3 rings (SSSR count). The highest BCUT2D eigenvalue weighted by atomic mass is 16.5. The van der Waals surface area contributed by atoms with Crippen LogP contribution in [0.2, 0.25) is 0 Å².